The molecule has 2 N–H and O–H groups in total. The zero-order valence-corrected chi connectivity index (χ0v) is 14.4. The van der Waals surface area contributed by atoms with E-state index in [0.29, 0.717) is 36.7 Å². The maximum atomic E-state index is 12.8. The minimum atomic E-state index is -0.340. The predicted octanol–water partition coefficient (Wildman–Crippen LogP) is 0.726. The molecule has 1 fully saturated rings. The Morgan fingerprint density at radius 1 is 1.04 bits per heavy atom. The molecule has 0 saturated carbocycles. The Labute approximate surface area is 142 Å². The summed E-state index contributed by atoms with van der Waals surface area (Å²) in [4.78, 5) is 28.0. The predicted molar refractivity (Wildman–Crippen MR) is 90.3 cm³/mol. The summed E-state index contributed by atoms with van der Waals surface area (Å²) >= 11 is 0. The topological polar surface area (TPSA) is 85.1 Å². The molecule has 1 aromatic rings. The van der Waals surface area contributed by atoms with Gasteiger partial charge in [0.1, 0.15) is 11.5 Å². The van der Waals surface area contributed by atoms with Gasteiger partial charge in [-0.1, -0.05) is 0 Å². The highest BCUT2D eigenvalue weighted by molar-refractivity contribution is 5.95. The Bertz CT molecular complexity index is 583. The van der Waals surface area contributed by atoms with Crippen LogP contribution in [0.15, 0.2) is 18.2 Å². The molecule has 1 saturated heterocycles. The Morgan fingerprint density at radius 3 is 2.21 bits per heavy atom. The zero-order valence-electron chi connectivity index (χ0n) is 14.4. The van der Waals surface area contributed by atoms with E-state index in [-0.39, 0.29) is 17.9 Å². The Morgan fingerprint density at radius 2 is 1.67 bits per heavy atom. The summed E-state index contributed by atoms with van der Waals surface area (Å²) < 4.78 is 10.4. The van der Waals surface area contributed by atoms with Gasteiger partial charge in [-0.2, -0.15) is 0 Å². The van der Waals surface area contributed by atoms with Crippen LogP contribution in [0.5, 0.6) is 11.5 Å². The first-order valence-corrected chi connectivity index (χ1v) is 8.02. The number of amides is 2. The van der Waals surface area contributed by atoms with Crippen molar-refractivity contribution in [2.75, 3.05) is 40.4 Å². The standard InChI is InChI=1S/C17H25N3O4/c1-12(16(18)21)19-5-4-6-20(8-7-19)17(22)13-9-14(23-2)11-15(10-13)24-3/h9-12H,4-8H2,1-3H3,(H2,18,21). The first kappa shape index (κ1) is 18.1. The van der Waals surface area contributed by atoms with Gasteiger partial charge in [-0.3, -0.25) is 14.5 Å². The van der Waals surface area contributed by atoms with Crippen molar-refractivity contribution in [3.63, 3.8) is 0 Å². The van der Waals surface area contributed by atoms with Crippen molar-refractivity contribution in [2.45, 2.75) is 19.4 Å². The zero-order chi connectivity index (χ0) is 17.7. The molecule has 0 aliphatic carbocycles. The average molecular weight is 335 g/mol. The molecule has 2 rings (SSSR count). The van der Waals surface area contributed by atoms with Crippen LogP contribution in [-0.2, 0) is 4.79 Å². The van der Waals surface area contributed by atoms with E-state index in [0.717, 1.165) is 13.0 Å². The second-order valence-electron chi connectivity index (χ2n) is 5.86. The van der Waals surface area contributed by atoms with Gasteiger partial charge in [-0.15, -0.1) is 0 Å². The van der Waals surface area contributed by atoms with E-state index in [1.54, 1.807) is 44.2 Å². The number of rotatable bonds is 5. The molecule has 132 valence electrons. The minimum Gasteiger partial charge on any atom is -0.497 e. The number of nitrogens with zero attached hydrogens (tertiary/aromatic N) is 2. The second-order valence-corrected chi connectivity index (χ2v) is 5.86. The SMILES string of the molecule is COc1cc(OC)cc(C(=O)N2CCCN(C(C)C(N)=O)CC2)c1. The summed E-state index contributed by atoms with van der Waals surface area (Å²) in [7, 11) is 3.11. The van der Waals surface area contributed by atoms with Crippen molar-refractivity contribution in [2.24, 2.45) is 5.73 Å². The van der Waals surface area contributed by atoms with Crippen LogP contribution in [0.3, 0.4) is 0 Å². The normalized spacial score (nSPS) is 17.0. The highest BCUT2D eigenvalue weighted by Gasteiger charge is 2.25. The molecule has 0 radical (unpaired) electrons. The molecule has 1 aromatic carbocycles. The van der Waals surface area contributed by atoms with Gasteiger partial charge in [-0.05, 0) is 25.5 Å². The van der Waals surface area contributed by atoms with Gasteiger partial charge in [0.05, 0.1) is 20.3 Å². The molecule has 1 unspecified atom stereocenters. The summed E-state index contributed by atoms with van der Waals surface area (Å²) in [6, 6.07) is 4.83. The lowest BCUT2D eigenvalue weighted by Gasteiger charge is -2.25. The molecule has 2 amide bonds. The van der Waals surface area contributed by atoms with Crippen LogP contribution in [0, 0.1) is 0 Å². The van der Waals surface area contributed by atoms with E-state index < -0.39 is 0 Å². The Kier molecular flexibility index (Phi) is 6.03. The number of ether oxygens (including phenoxy) is 2. The third-order valence-electron chi connectivity index (χ3n) is 4.38. The molecular weight excluding hydrogens is 310 g/mol. The quantitative estimate of drug-likeness (QED) is 0.857. The number of benzene rings is 1. The lowest BCUT2D eigenvalue weighted by Crippen LogP contribution is -2.44. The average Bonchev–Trinajstić information content (AvgIpc) is 2.85. The maximum absolute atomic E-state index is 12.8. The van der Waals surface area contributed by atoms with Crippen LogP contribution in [0.2, 0.25) is 0 Å². The van der Waals surface area contributed by atoms with Crippen LogP contribution < -0.4 is 15.2 Å². The summed E-state index contributed by atoms with van der Waals surface area (Å²) in [5.41, 5.74) is 5.91. The third-order valence-corrected chi connectivity index (χ3v) is 4.38. The maximum Gasteiger partial charge on any atom is 0.254 e. The number of nitrogens with two attached hydrogens (primary N) is 1. The van der Waals surface area contributed by atoms with Gasteiger partial charge in [0.15, 0.2) is 0 Å². The summed E-state index contributed by atoms with van der Waals surface area (Å²) in [6.07, 6.45) is 0.796. The van der Waals surface area contributed by atoms with Crippen LogP contribution in [-0.4, -0.2) is 68.1 Å². The lowest BCUT2D eigenvalue weighted by molar-refractivity contribution is -0.122. The van der Waals surface area contributed by atoms with Crippen LogP contribution in [0.1, 0.15) is 23.7 Å². The first-order valence-electron chi connectivity index (χ1n) is 8.02. The first-order chi connectivity index (χ1) is 11.5. The van der Waals surface area contributed by atoms with E-state index in [4.69, 9.17) is 15.2 Å². The van der Waals surface area contributed by atoms with E-state index in [9.17, 15) is 9.59 Å². The second kappa shape index (κ2) is 8.01. The molecule has 7 heteroatoms. The number of carbonyl (C=O) groups excluding carboxylic acids is 2. The fourth-order valence-corrected chi connectivity index (χ4v) is 2.82. The monoisotopic (exact) mass is 335 g/mol. The molecule has 1 aliphatic rings. The Hall–Kier alpha value is -2.28. The highest BCUT2D eigenvalue weighted by atomic mass is 16.5. The summed E-state index contributed by atoms with van der Waals surface area (Å²) in [5, 5.41) is 0. The van der Waals surface area contributed by atoms with Crippen molar-refractivity contribution < 1.29 is 19.1 Å². The van der Waals surface area contributed by atoms with Gasteiger partial charge in [0.2, 0.25) is 5.91 Å². The van der Waals surface area contributed by atoms with Crippen LogP contribution >= 0.6 is 0 Å². The van der Waals surface area contributed by atoms with Crippen molar-refractivity contribution >= 4 is 11.8 Å². The molecule has 1 heterocycles. The number of hydrogen-bond donors (Lipinski definition) is 1. The largest absolute Gasteiger partial charge is 0.497 e. The van der Waals surface area contributed by atoms with Gasteiger partial charge in [-0.25, -0.2) is 0 Å². The summed E-state index contributed by atoms with van der Waals surface area (Å²) in [5.74, 6) is 0.751. The van der Waals surface area contributed by atoms with Gasteiger partial charge in [0.25, 0.3) is 5.91 Å². The molecule has 1 atom stereocenters. The molecule has 0 aromatic heterocycles. The Balaban J connectivity index is 2.11. The number of hydrogen-bond acceptors (Lipinski definition) is 5. The van der Waals surface area contributed by atoms with Gasteiger partial charge >= 0.3 is 0 Å². The van der Waals surface area contributed by atoms with E-state index in [2.05, 4.69) is 0 Å². The van der Waals surface area contributed by atoms with E-state index in [1.807, 2.05) is 4.90 Å². The van der Waals surface area contributed by atoms with Crippen molar-refractivity contribution in [3.8, 4) is 11.5 Å². The number of carbonyl (C=O) groups is 2. The fourth-order valence-electron chi connectivity index (χ4n) is 2.82. The fraction of sp³-hybridized carbons (Fsp3) is 0.529. The molecule has 0 bridgehead atoms. The van der Waals surface area contributed by atoms with Gasteiger partial charge < -0.3 is 20.1 Å². The van der Waals surface area contributed by atoms with E-state index in [1.165, 1.54) is 0 Å². The third kappa shape index (κ3) is 4.17. The smallest absolute Gasteiger partial charge is 0.254 e. The molecule has 24 heavy (non-hydrogen) atoms. The van der Waals surface area contributed by atoms with Crippen molar-refractivity contribution in [1.29, 1.82) is 0 Å². The molecule has 0 spiro atoms. The van der Waals surface area contributed by atoms with Crippen LogP contribution in [0.4, 0.5) is 0 Å². The van der Waals surface area contributed by atoms with Crippen molar-refractivity contribution in [1.82, 2.24) is 9.80 Å². The van der Waals surface area contributed by atoms with E-state index >= 15 is 0 Å². The number of methoxy groups -OCH3 is 2. The highest BCUT2D eigenvalue weighted by Crippen LogP contribution is 2.24. The minimum absolute atomic E-state index is 0.0687. The molecule has 7 nitrogen and oxygen atoms in total. The van der Waals surface area contributed by atoms with Crippen LogP contribution in [0.25, 0.3) is 0 Å². The summed E-state index contributed by atoms with van der Waals surface area (Å²) in [6.45, 7) is 4.36. The molecule has 1 aliphatic heterocycles. The van der Waals surface area contributed by atoms with Crippen molar-refractivity contribution in [3.05, 3.63) is 23.8 Å². The van der Waals surface area contributed by atoms with Gasteiger partial charge in [0, 0.05) is 37.8 Å². The molecular formula is C17H25N3O4. The lowest BCUT2D eigenvalue weighted by atomic mass is 10.1. The number of primary amides is 1.